The first-order chi connectivity index (χ1) is 13.3. The molecule has 2 unspecified atom stereocenters. The van der Waals surface area contributed by atoms with Crippen LogP contribution in [0.4, 0.5) is 0 Å². The van der Waals surface area contributed by atoms with Crippen LogP contribution in [0.2, 0.25) is 0 Å². The van der Waals surface area contributed by atoms with Gasteiger partial charge in [0.05, 0.1) is 33.7 Å². The second kappa shape index (κ2) is 7.07. The lowest BCUT2D eigenvalue weighted by atomic mass is 10.1. The Morgan fingerprint density at radius 2 is 2.07 bits per heavy atom. The van der Waals surface area contributed by atoms with Gasteiger partial charge in [0.25, 0.3) is 0 Å². The molecule has 2 fully saturated rings. The number of nitrogens with one attached hydrogen (secondary N) is 2. The lowest BCUT2D eigenvalue weighted by Crippen LogP contribution is -2.52. The number of ether oxygens (including phenoxy) is 1. The molecule has 2 aliphatic heterocycles. The molecule has 1 saturated heterocycles. The van der Waals surface area contributed by atoms with Gasteiger partial charge in [-0.3, -0.25) is 0 Å². The number of aliphatic imine (C=N–C) groups is 1. The molecule has 1 aromatic carbocycles. The summed E-state index contributed by atoms with van der Waals surface area (Å²) >= 11 is 1.62. The molecule has 0 aromatic heterocycles. The van der Waals surface area contributed by atoms with Crippen LogP contribution >= 0.6 is 11.8 Å². The number of nitrogens with zero attached hydrogens (tertiary/aromatic N) is 2. The molecule has 0 amide bonds. The van der Waals surface area contributed by atoms with Crippen molar-refractivity contribution in [3.05, 3.63) is 42.1 Å². The Morgan fingerprint density at radius 1 is 1.36 bits per heavy atom. The fourth-order valence-electron chi connectivity index (χ4n) is 3.91. The molecule has 2 heterocycles. The predicted octanol–water partition coefficient (Wildman–Crippen LogP) is 3.27. The van der Waals surface area contributed by atoms with Crippen molar-refractivity contribution in [2.75, 3.05) is 26.0 Å². The van der Waals surface area contributed by atoms with Gasteiger partial charge in [0.1, 0.15) is 5.84 Å². The topological polar surface area (TPSA) is 77.8 Å². The molecule has 2 N–H and O–H groups in total. The second-order valence-electron chi connectivity index (χ2n) is 7.82. The zero-order valence-electron chi connectivity index (χ0n) is 16.6. The lowest BCUT2D eigenvalue weighted by molar-refractivity contribution is 0.0332. The highest BCUT2D eigenvalue weighted by atomic mass is 32.2. The quantitative estimate of drug-likeness (QED) is 0.782. The first-order valence-corrected chi connectivity index (χ1v) is 12.4. The van der Waals surface area contributed by atoms with E-state index in [-0.39, 0.29) is 6.04 Å². The van der Waals surface area contributed by atoms with Crippen LogP contribution in [0.3, 0.4) is 0 Å². The third kappa shape index (κ3) is 3.25. The van der Waals surface area contributed by atoms with Crippen molar-refractivity contribution in [2.24, 2.45) is 4.99 Å². The van der Waals surface area contributed by atoms with Gasteiger partial charge >= 0.3 is 0 Å². The fraction of sp³-hybridized carbons (Fsp3) is 0.550. The highest BCUT2D eigenvalue weighted by molar-refractivity contribution is 7.99. The van der Waals surface area contributed by atoms with Crippen molar-refractivity contribution in [3.63, 3.8) is 0 Å². The normalized spacial score (nSPS) is 31.2. The number of amidine groups is 1. The van der Waals surface area contributed by atoms with E-state index >= 15 is 0 Å². The molecule has 0 bridgehead atoms. The smallest absolute Gasteiger partial charge is 0.176 e. The molecule has 28 heavy (non-hydrogen) atoms. The van der Waals surface area contributed by atoms with Crippen molar-refractivity contribution in [1.82, 2.24) is 10.2 Å². The second-order valence-corrected chi connectivity index (χ2v) is 11.4. The van der Waals surface area contributed by atoms with Crippen molar-refractivity contribution >= 4 is 27.3 Å². The summed E-state index contributed by atoms with van der Waals surface area (Å²) < 4.78 is 27.5. The average Bonchev–Trinajstić information content (AvgIpc) is 3.51. The average molecular weight is 421 g/mol. The Labute approximate surface area is 171 Å². The fourth-order valence-corrected chi connectivity index (χ4v) is 6.40. The van der Waals surface area contributed by atoms with Crippen LogP contribution in [0.1, 0.15) is 26.7 Å². The van der Waals surface area contributed by atoms with Gasteiger partial charge in [-0.2, -0.15) is 0 Å². The molecule has 8 heteroatoms. The first-order valence-electron chi connectivity index (χ1n) is 9.64. The van der Waals surface area contributed by atoms with Gasteiger partial charge in [-0.15, -0.1) is 11.8 Å². The first kappa shape index (κ1) is 19.8. The van der Waals surface area contributed by atoms with E-state index in [1.54, 1.807) is 11.8 Å². The predicted molar refractivity (Wildman–Crippen MR) is 115 cm³/mol. The van der Waals surface area contributed by atoms with Crippen LogP contribution < -0.4 is 5.32 Å². The minimum atomic E-state index is -2.99. The SMILES string of the molecule is CSC1(C)N=C(N2CCOC[C@H]2C)C=C(C2(S(=N)(=O)c3ccccc3)CC2)N1. The number of morpholine rings is 1. The van der Waals surface area contributed by atoms with Crippen LogP contribution in [0.15, 0.2) is 52.0 Å². The zero-order valence-corrected chi connectivity index (χ0v) is 18.2. The molecule has 4 rings (SSSR count). The highest BCUT2D eigenvalue weighted by Gasteiger charge is 2.57. The summed E-state index contributed by atoms with van der Waals surface area (Å²) in [6, 6.07) is 9.47. The molecule has 1 aliphatic carbocycles. The van der Waals surface area contributed by atoms with E-state index in [0.29, 0.717) is 18.1 Å². The van der Waals surface area contributed by atoms with E-state index < -0.39 is 19.5 Å². The van der Waals surface area contributed by atoms with E-state index in [2.05, 4.69) is 17.1 Å². The molecule has 3 atom stereocenters. The summed E-state index contributed by atoms with van der Waals surface area (Å²) in [5, 5.41) is 3.52. The Kier molecular flexibility index (Phi) is 5.00. The van der Waals surface area contributed by atoms with Gasteiger partial charge in [-0.05, 0) is 45.1 Å². The van der Waals surface area contributed by atoms with E-state index in [0.717, 1.165) is 30.9 Å². The Bertz CT molecular complexity index is 909. The molecule has 152 valence electrons. The Balaban J connectivity index is 1.75. The van der Waals surface area contributed by atoms with Crippen LogP contribution in [0.5, 0.6) is 0 Å². The van der Waals surface area contributed by atoms with Crippen LogP contribution in [-0.4, -0.2) is 56.7 Å². The highest BCUT2D eigenvalue weighted by Crippen LogP contribution is 2.53. The maximum Gasteiger partial charge on any atom is 0.176 e. The minimum Gasteiger partial charge on any atom is -0.377 e. The van der Waals surface area contributed by atoms with Gasteiger partial charge < -0.3 is 15.0 Å². The molecule has 1 saturated carbocycles. The summed E-state index contributed by atoms with van der Waals surface area (Å²) in [5.74, 6) is 0.899. The minimum absolute atomic E-state index is 0.235. The maximum absolute atomic E-state index is 13.7. The molecule has 3 aliphatic rings. The van der Waals surface area contributed by atoms with Gasteiger partial charge in [-0.1, -0.05) is 18.2 Å². The maximum atomic E-state index is 13.7. The number of thioether (sulfide) groups is 1. The number of hydrogen-bond acceptors (Lipinski definition) is 7. The lowest BCUT2D eigenvalue weighted by Gasteiger charge is -2.41. The molecule has 0 spiro atoms. The summed E-state index contributed by atoms with van der Waals surface area (Å²) in [6.45, 7) is 6.32. The monoisotopic (exact) mass is 420 g/mol. The number of benzene rings is 1. The third-order valence-electron chi connectivity index (χ3n) is 5.85. The zero-order chi connectivity index (χ0) is 20.0. The Hall–Kier alpha value is -1.51. The summed E-state index contributed by atoms with van der Waals surface area (Å²) in [7, 11) is -2.99. The van der Waals surface area contributed by atoms with Gasteiger partial charge in [0, 0.05) is 23.2 Å². The van der Waals surface area contributed by atoms with Gasteiger partial charge in [0.15, 0.2) is 4.99 Å². The third-order valence-corrected chi connectivity index (χ3v) is 9.50. The summed E-state index contributed by atoms with van der Waals surface area (Å²) in [4.78, 5) is 7.29. The van der Waals surface area contributed by atoms with Gasteiger partial charge in [-0.25, -0.2) is 14.0 Å². The van der Waals surface area contributed by atoms with Crippen molar-refractivity contribution in [1.29, 1.82) is 4.78 Å². The molecule has 0 radical (unpaired) electrons. The van der Waals surface area contributed by atoms with Crippen molar-refractivity contribution < 1.29 is 8.95 Å². The van der Waals surface area contributed by atoms with Gasteiger partial charge in [0.2, 0.25) is 0 Å². The molecular weight excluding hydrogens is 392 g/mol. The molecule has 1 aromatic rings. The Morgan fingerprint density at radius 3 is 2.68 bits per heavy atom. The summed E-state index contributed by atoms with van der Waals surface area (Å²) in [6.07, 6.45) is 5.55. The van der Waals surface area contributed by atoms with Crippen LogP contribution in [-0.2, 0) is 14.5 Å². The molecule has 6 nitrogen and oxygen atoms in total. The van der Waals surface area contributed by atoms with Crippen LogP contribution in [0, 0.1) is 4.78 Å². The largest absolute Gasteiger partial charge is 0.377 e. The van der Waals surface area contributed by atoms with Crippen molar-refractivity contribution in [2.45, 2.75) is 47.4 Å². The standard InChI is InChI=1S/C20H28N4O2S2/c1-15-14-26-12-11-24(15)18-13-17(22-19(2,23-18)27-3)20(9-10-20)28(21,25)16-7-5-4-6-8-16/h4-8,13,15,21-22H,9-12,14H2,1-3H3/t15-,19?,28?/m1/s1. The number of rotatable bonds is 4. The van der Waals surface area contributed by atoms with E-state index in [1.165, 1.54) is 0 Å². The van der Waals surface area contributed by atoms with E-state index in [4.69, 9.17) is 14.5 Å². The van der Waals surface area contributed by atoms with Crippen molar-refractivity contribution in [3.8, 4) is 0 Å². The summed E-state index contributed by atoms with van der Waals surface area (Å²) in [5.41, 5.74) is 0.886. The van der Waals surface area contributed by atoms with E-state index in [1.807, 2.05) is 49.6 Å². The molecular formula is C20H28N4O2S2. The van der Waals surface area contributed by atoms with Crippen LogP contribution in [0.25, 0.3) is 0 Å². The number of hydrogen-bond donors (Lipinski definition) is 2. The van der Waals surface area contributed by atoms with E-state index in [9.17, 15) is 4.21 Å².